The number of halogens is 1. The number of rotatable bonds is 2. The van der Waals surface area contributed by atoms with Crippen molar-refractivity contribution < 1.29 is 9.59 Å². The summed E-state index contributed by atoms with van der Waals surface area (Å²) in [4.78, 5) is 26.3. The summed E-state index contributed by atoms with van der Waals surface area (Å²) in [6.45, 7) is 0. The van der Waals surface area contributed by atoms with Gasteiger partial charge in [0.05, 0.1) is 0 Å². The number of hydrogen-bond acceptors (Lipinski definition) is 2. The van der Waals surface area contributed by atoms with Gasteiger partial charge in [-0.3, -0.25) is 14.5 Å². The summed E-state index contributed by atoms with van der Waals surface area (Å²) in [5.41, 5.74) is 1.07. The van der Waals surface area contributed by atoms with Crippen molar-refractivity contribution in [2.45, 2.75) is 50.5 Å². The Morgan fingerprint density at radius 1 is 1.00 bits per heavy atom. The fourth-order valence-electron chi connectivity index (χ4n) is 3.43. The Labute approximate surface area is 127 Å². The van der Waals surface area contributed by atoms with Gasteiger partial charge < -0.3 is 0 Å². The molecule has 2 aliphatic rings. The molecule has 20 heavy (non-hydrogen) atoms. The minimum absolute atomic E-state index is 0.00824. The number of hydrogen-bond donors (Lipinski definition) is 0. The molecule has 0 N–H and O–H groups in total. The topological polar surface area (TPSA) is 37.4 Å². The van der Waals surface area contributed by atoms with Gasteiger partial charge in [0.2, 0.25) is 11.8 Å². The molecule has 1 aromatic carbocycles. The molecule has 0 atom stereocenters. The normalized spacial score (nSPS) is 21.8. The fourth-order valence-corrected chi connectivity index (χ4v) is 4.03. The third kappa shape index (κ3) is 2.53. The van der Waals surface area contributed by atoms with Crippen LogP contribution in [-0.4, -0.2) is 22.8 Å². The molecular formula is C16H18BrNO2. The van der Waals surface area contributed by atoms with Crippen LogP contribution in [-0.2, 0) is 9.59 Å². The lowest BCUT2D eigenvalue weighted by molar-refractivity contribution is -0.151. The molecule has 1 saturated heterocycles. The molecule has 0 aromatic heterocycles. The van der Waals surface area contributed by atoms with E-state index < -0.39 is 0 Å². The number of carbonyl (C=O) groups excluding carboxylic acids is 2. The van der Waals surface area contributed by atoms with Gasteiger partial charge in [0.1, 0.15) is 0 Å². The van der Waals surface area contributed by atoms with E-state index in [1.807, 2.05) is 24.3 Å². The number of amides is 2. The summed E-state index contributed by atoms with van der Waals surface area (Å²) in [6, 6.07) is 8.03. The highest BCUT2D eigenvalue weighted by atomic mass is 79.9. The van der Waals surface area contributed by atoms with Crippen molar-refractivity contribution in [2.75, 3.05) is 0 Å². The van der Waals surface area contributed by atoms with Crippen LogP contribution in [0.25, 0.3) is 0 Å². The maximum Gasteiger partial charge on any atom is 0.230 e. The van der Waals surface area contributed by atoms with Crippen LogP contribution in [0.2, 0.25) is 0 Å². The average molecular weight is 336 g/mol. The largest absolute Gasteiger partial charge is 0.279 e. The highest BCUT2D eigenvalue weighted by Gasteiger charge is 2.38. The summed E-state index contributed by atoms with van der Waals surface area (Å²) < 4.78 is 0.986. The first kappa shape index (κ1) is 13.8. The van der Waals surface area contributed by atoms with Crippen LogP contribution in [0.1, 0.15) is 50.0 Å². The van der Waals surface area contributed by atoms with Crippen molar-refractivity contribution in [3.8, 4) is 0 Å². The Morgan fingerprint density at radius 3 is 2.20 bits per heavy atom. The van der Waals surface area contributed by atoms with Gasteiger partial charge in [-0.05, 0) is 24.5 Å². The second kappa shape index (κ2) is 5.68. The third-order valence-electron chi connectivity index (χ3n) is 4.41. The first-order chi connectivity index (χ1) is 9.66. The van der Waals surface area contributed by atoms with Crippen LogP contribution in [0.15, 0.2) is 28.7 Å². The molecule has 0 radical (unpaired) electrons. The van der Waals surface area contributed by atoms with Crippen LogP contribution in [0.4, 0.5) is 0 Å². The molecule has 4 heteroatoms. The molecule has 0 spiro atoms. The van der Waals surface area contributed by atoms with E-state index in [1.54, 1.807) is 4.90 Å². The van der Waals surface area contributed by atoms with E-state index in [0.29, 0.717) is 12.8 Å². The predicted molar refractivity (Wildman–Crippen MR) is 80.2 cm³/mol. The van der Waals surface area contributed by atoms with Gasteiger partial charge in [0, 0.05) is 29.3 Å². The lowest BCUT2D eigenvalue weighted by Crippen LogP contribution is -2.47. The number of imide groups is 1. The fraction of sp³-hybridized carbons (Fsp3) is 0.500. The van der Waals surface area contributed by atoms with Gasteiger partial charge >= 0.3 is 0 Å². The number of piperidine rings is 1. The molecule has 0 bridgehead atoms. The quantitative estimate of drug-likeness (QED) is 0.774. The highest BCUT2D eigenvalue weighted by Crippen LogP contribution is 2.36. The van der Waals surface area contributed by atoms with Crippen molar-refractivity contribution in [3.63, 3.8) is 0 Å². The molecular weight excluding hydrogens is 318 g/mol. The second-order valence-corrected chi connectivity index (χ2v) is 6.58. The minimum Gasteiger partial charge on any atom is -0.279 e. The Hall–Kier alpha value is -1.16. The van der Waals surface area contributed by atoms with Crippen LogP contribution >= 0.6 is 15.9 Å². The van der Waals surface area contributed by atoms with E-state index in [4.69, 9.17) is 0 Å². The van der Waals surface area contributed by atoms with Crippen molar-refractivity contribution >= 4 is 27.7 Å². The van der Waals surface area contributed by atoms with Crippen molar-refractivity contribution in [3.05, 3.63) is 34.3 Å². The van der Waals surface area contributed by atoms with Gasteiger partial charge in [-0.2, -0.15) is 0 Å². The summed E-state index contributed by atoms with van der Waals surface area (Å²) in [5.74, 6) is 0.0334. The summed E-state index contributed by atoms with van der Waals surface area (Å²) in [5, 5.41) is 0. The molecule has 0 unspecified atom stereocenters. The van der Waals surface area contributed by atoms with E-state index in [2.05, 4.69) is 15.9 Å². The summed E-state index contributed by atoms with van der Waals surface area (Å²) in [7, 11) is 0. The monoisotopic (exact) mass is 335 g/mol. The number of benzene rings is 1. The lowest BCUT2D eigenvalue weighted by Gasteiger charge is -2.34. The Kier molecular flexibility index (Phi) is 3.92. The molecule has 1 heterocycles. The molecule has 106 valence electrons. The first-order valence-corrected chi connectivity index (χ1v) is 8.05. The maximum atomic E-state index is 12.4. The maximum absolute atomic E-state index is 12.4. The Bertz CT molecular complexity index is 519. The summed E-state index contributed by atoms with van der Waals surface area (Å²) in [6.07, 6.45) is 5.13. The zero-order valence-electron chi connectivity index (χ0n) is 11.3. The van der Waals surface area contributed by atoms with Crippen LogP contribution in [0.3, 0.4) is 0 Å². The molecule has 3 nitrogen and oxygen atoms in total. The lowest BCUT2D eigenvalue weighted by atomic mass is 9.88. The number of carbonyl (C=O) groups is 2. The molecule has 1 aliphatic heterocycles. The van der Waals surface area contributed by atoms with Gasteiger partial charge in [-0.25, -0.2) is 0 Å². The molecule has 3 rings (SSSR count). The SMILES string of the molecule is O=C1CC(c2ccccc2Br)CC(=O)N1C1CCCC1. The van der Waals surface area contributed by atoms with Gasteiger partial charge in [0.25, 0.3) is 0 Å². The second-order valence-electron chi connectivity index (χ2n) is 5.72. The molecule has 1 aliphatic carbocycles. The van der Waals surface area contributed by atoms with E-state index >= 15 is 0 Å². The van der Waals surface area contributed by atoms with Crippen molar-refractivity contribution in [1.82, 2.24) is 4.90 Å². The van der Waals surface area contributed by atoms with Gasteiger partial charge in [0.15, 0.2) is 0 Å². The number of nitrogens with zero attached hydrogens (tertiary/aromatic N) is 1. The minimum atomic E-state index is 0.00824. The van der Waals surface area contributed by atoms with Crippen molar-refractivity contribution in [1.29, 1.82) is 0 Å². The van der Waals surface area contributed by atoms with Crippen molar-refractivity contribution in [2.24, 2.45) is 0 Å². The standard InChI is InChI=1S/C16H18BrNO2/c17-14-8-4-3-7-13(14)11-9-15(19)18(16(20)10-11)12-5-1-2-6-12/h3-4,7-8,11-12H,1-2,5-6,9-10H2. The van der Waals surface area contributed by atoms with Gasteiger partial charge in [-0.15, -0.1) is 0 Å². The van der Waals surface area contributed by atoms with Gasteiger partial charge in [-0.1, -0.05) is 47.0 Å². The summed E-state index contributed by atoms with van der Waals surface area (Å²) >= 11 is 3.52. The number of likely N-dealkylation sites (tertiary alicyclic amines) is 1. The third-order valence-corrected chi connectivity index (χ3v) is 5.14. The average Bonchev–Trinajstić information content (AvgIpc) is 2.92. The van der Waals surface area contributed by atoms with E-state index in [9.17, 15) is 9.59 Å². The molecule has 1 saturated carbocycles. The van der Waals surface area contributed by atoms with E-state index in [-0.39, 0.29) is 23.8 Å². The predicted octanol–water partition coefficient (Wildman–Crippen LogP) is 3.62. The van der Waals surface area contributed by atoms with E-state index in [1.165, 1.54) is 0 Å². The molecule has 2 amide bonds. The zero-order valence-corrected chi connectivity index (χ0v) is 12.9. The first-order valence-electron chi connectivity index (χ1n) is 7.26. The smallest absolute Gasteiger partial charge is 0.230 e. The zero-order chi connectivity index (χ0) is 14.1. The molecule has 2 fully saturated rings. The Balaban J connectivity index is 1.79. The van der Waals surface area contributed by atoms with Crippen LogP contribution in [0.5, 0.6) is 0 Å². The Morgan fingerprint density at radius 2 is 1.60 bits per heavy atom. The van der Waals surface area contributed by atoms with E-state index in [0.717, 1.165) is 35.7 Å². The molecule has 1 aromatic rings. The van der Waals surface area contributed by atoms with Crippen LogP contribution in [0, 0.1) is 0 Å². The highest BCUT2D eigenvalue weighted by molar-refractivity contribution is 9.10. The van der Waals surface area contributed by atoms with Crippen LogP contribution < -0.4 is 0 Å².